The van der Waals surface area contributed by atoms with Gasteiger partial charge in [-0.3, -0.25) is 9.69 Å². The van der Waals surface area contributed by atoms with E-state index in [-0.39, 0.29) is 11.3 Å². The molecule has 0 radical (unpaired) electrons. The molecule has 140 valence electrons. The number of aromatic amines is 1. The molecule has 27 heavy (non-hydrogen) atoms. The van der Waals surface area contributed by atoms with Gasteiger partial charge in [0, 0.05) is 30.8 Å². The van der Waals surface area contributed by atoms with E-state index in [0.29, 0.717) is 49.0 Å². The van der Waals surface area contributed by atoms with Gasteiger partial charge in [-0.25, -0.2) is 4.98 Å². The number of para-hydroxylation sites is 1. The van der Waals surface area contributed by atoms with Crippen molar-refractivity contribution >= 4 is 0 Å². The zero-order valence-electron chi connectivity index (χ0n) is 15.1. The minimum atomic E-state index is -0.118. The normalized spacial score (nSPS) is 14.1. The second kappa shape index (κ2) is 7.28. The van der Waals surface area contributed by atoms with Gasteiger partial charge >= 0.3 is 0 Å². The Morgan fingerprint density at radius 1 is 1.33 bits per heavy atom. The van der Waals surface area contributed by atoms with Crippen LogP contribution in [-0.4, -0.2) is 33.1 Å². The summed E-state index contributed by atoms with van der Waals surface area (Å²) in [6.07, 6.45) is 2.16. The van der Waals surface area contributed by atoms with Gasteiger partial charge in [-0.1, -0.05) is 12.1 Å². The van der Waals surface area contributed by atoms with Crippen LogP contribution in [-0.2, 0) is 19.5 Å². The summed E-state index contributed by atoms with van der Waals surface area (Å²) < 4.78 is 10.8. The Morgan fingerprint density at radius 3 is 3.00 bits per heavy atom. The van der Waals surface area contributed by atoms with E-state index in [0.717, 1.165) is 17.8 Å². The fraction of sp³-hybridized carbons (Fsp3) is 0.300. The van der Waals surface area contributed by atoms with Crippen LogP contribution in [0.15, 0.2) is 45.8 Å². The van der Waals surface area contributed by atoms with E-state index in [1.165, 1.54) is 0 Å². The lowest BCUT2D eigenvalue weighted by Gasteiger charge is -2.28. The summed E-state index contributed by atoms with van der Waals surface area (Å²) in [4.78, 5) is 22.0. The minimum Gasteiger partial charge on any atom is -0.504 e. The molecule has 0 atom stereocenters. The third kappa shape index (κ3) is 3.46. The molecule has 0 spiro atoms. The van der Waals surface area contributed by atoms with Crippen molar-refractivity contribution in [2.45, 2.75) is 26.4 Å². The summed E-state index contributed by atoms with van der Waals surface area (Å²) in [5.41, 5.74) is 2.14. The highest BCUT2D eigenvalue weighted by molar-refractivity contribution is 5.47. The zero-order valence-corrected chi connectivity index (χ0v) is 15.1. The number of ether oxygens (including phenoxy) is 1. The molecule has 3 heterocycles. The molecule has 3 aromatic rings. The van der Waals surface area contributed by atoms with Crippen LogP contribution in [0.3, 0.4) is 0 Å². The second-order valence-corrected chi connectivity index (χ2v) is 6.47. The van der Waals surface area contributed by atoms with E-state index in [9.17, 15) is 9.90 Å². The molecule has 4 rings (SSSR count). The van der Waals surface area contributed by atoms with E-state index in [4.69, 9.17) is 9.15 Å². The Labute approximate surface area is 156 Å². The fourth-order valence-corrected chi connectivity index (χ4v) is 3.37. The lowest BCUT2D eigenvalue weighted by Crippen LogP contribution is -2.35. The summed E-state index contributed by atoms with van der Waals surface area (Å²) in [5.74, 6) is 1.63. The van der Waals surface area contributed by atoms with Gasteiger partial charge in [-0.2, -0.15) is 0 Å². The number of aromatic hydroxyl groups is 1. The Kier molecular flexibility index (Phi) is 4.68. The average Bonchev–Trinajstić information content (AvgIpc) is 3.20. The molecule has 7 heteroatoms. The largest absolute Gasteiger partial charge is 0.504 e. The number of nitrogens with zero attached hydrogens (tertiary/aromatic N) is 2. The predicted octanol–water partition coefficient (Wildman–Crippen LogP) is 2.69. The van der Waals surface area contributed by atoms with Crippen molar-refractivity contribution in [3.8, 4) is 23.1 Å². The Bertz CT molecular complexity index is 995. The van der Waals surface area contributed by atoms with Crippen LogP contribution in [0.1, 0.15) is 23.7 Å². The molecule has 0 unspecified atom stereocenters. The van der Waals surface area contributed by atoms with Crippen molar-refractivity contribution in [2.75, 3.05) is 13.2 Å². The van der Waals surface area contributed by atoms with Crippen LogP contribution in [0.25, 0.3) is 11.6 Å². The third-order valence-corrected chi connectivity index (χ3v) is 4.68. The monoisotopic (exact) mass is 367 g/mol. The maximum Gasteiger partial charge on any atom is 0.254 e. The Hall–Kier alpha value is -3.06. The SMILES string of the molecule is CCOc1cccc(CN2CCc3c(nc(-c4ccco4)[nH]c3=O)C2)c1O. The lowest BCUT2D eigenvalue weighted by atomic mass is 10.0. The lowest BCUT2D eigenvalue weighted by molar-refractivity contribution is 0.235. The van der Waals surface area contributed by atoms with Gasteiger partial charge in [0.25, 0.3) is 5.56 Å². The van der Waals surface area contributed by atoms with Gasteiger partial charge in [-0.15, -0.1) is 0 Å². The summed E-state index contributed by atoms with van der Waals surface area (Å²) in [5, 5.41) is 10.4. The number of aromatic nitrogens is 2. The van der Waals surface area contributed by atoms with Gasteiger partial charge in [0.15, 0.2) is 23.1 Å². The highest BCUT2D eigenvalue weighted by atomic mass is 16.5. The van der Waals surface area contributed by atoms with Gasteiger partial charge in [0.1, 0.15) is 0 Å². The summed E-state index contributed by atoms with van der Waals surface area (Å²) >= 11 is 0. The van der Waals surface area contributed by atoms with Gasteiger partial charge in [0.05, 0.1) is 18.6 Å². The first-order valence-electron chi connectivity index (χ1n) is 8.97. The smallest absolute Gasteiger partial charge is 0.254 e. The van der Waals surface area contributed by atoms with Gasteiger partial charge in [0.2, 0.25) is 0 Å². The van der Waals surface area contributed by atoms with E-state index < -0.39 is 0 Å². The highest BCUT2D eigenvalue weighted by Gasteiger charge is 2.23. The molecule has 1 aliphatic rings. The van der Waals surface area contributed by atoms with E-state index >= 15 is 0 Å². The van der Waals surface area contributed by atoms with E-state index in [2.05, 4.69) is 14.9 Å². The molecule has 2 aromatic heterocycles. The summed E-state index contributed by atoms with van der Waals surface area (Å²) in [6.45, 7) is 4.18. The maximum atomic E-state index is 12.4. The number of fused-ring (bicyclic) bond motifs is 1. The third-order valence-electron chi connectivity index (χ3n) is 4.68. The molecular weight excluding hydrogens is 346 g/mol. The highest BCUT2D eigenvalue weighted by Crippen LogP contribution is 2.31. The molecule has 0 amide bonds. The molecule has 7 nitrogen and oxygen atoms in total. The topological polar surface area (TPSA) is 91.6 Å². The molecule has 1 aromatic carbocycles. The van der Waals surface area contributed by atoms with Crippen molar-refractivity contribution in [1.82, 2.24) is 14.9 Å². The van der Waals surface area contributed by atoms with Crippen LogP contribution < -0.4 is 10.3 Å². The Balaban J connectivity index is 1.58. The van der Waals surface area contributed by atoms with Crippen LogP contribution in [0.2, 0.25) is 0 Å². The molecule has 0 aliphatic carbocycles. The van der Waals surface area contributed by atoms with Crippen LogP contribution >= 0.6 is 0 Å². The minimum absolute atomic E-state index is 0.118. The maximum absolute atomic E-state index is 12.4. The first kappa shape index (κ1) is 17.4. The molecule has 0 saturated heterocycles. The average molecular weight is 367 g/mol. The number of H-pyrrole nitrogens is 1. The van der Waals surface area contributed by atoms with Crippen LogP contribution in [0, 0.1) is 0 Å². The number of phenols is 1. The first-order valence-corrected chi connectivity index (χ1v) is 8.97. The number of benzene rings is 1. The fourth-order valence-electron chi connectivity index (χ4n) is 3.37. The molecular formula is C20H21N3O4. The first-order chi connectivity index (χ1) is 13.2. The zero-order chi connectivity index (χ0) is 18.8. The molecule has 2 N–H and O–H groups in total. The Morgan fingerprint density at radius 2 is 2.22 bits per heavy atom. The van der Waals surface area contributed by atoms with Crippen molar-refractivity contribution in [1.29, 1.82) is 0 Å². The van der Waals surface area contributed by atoms with E-state index in [1.54, 1.807) is 24.5 Å². The number of phenolic OH excluding ortho intramolecular Hbond substituents is 1. The van der Waals surface area contributed by atoms with Gasteiger partial charge < -0.3 is 19.2 Å². The van der Waals surface area contributed by atoms with Crippen LogP contribution in [0.4, 0.5) is 0 Å². The molecule has 0 bridgehead atoms. The van der Waals surface area contributed by atoms with Crippen molar-refractivity contribution in [2.24, 2.45) is 0 Å². The van der Waals surface area contributed by atoms with Crippen molar-refractivity contribution in [3.63, 3.8) is 0 Å². The van der Waals surface area contributed by atoms with Crippen molar-refractivity contribution < 1.29 is 14.3 Å². The summed E-state index contributed by atoms with van der Waals surface area (Å²) in [6, 6.07) is 9.03. The summed E-state index contributed by atoms with van der Waals surface area (Å²) in [7, 11) is 0. The number of hydrogen-bond donors (Lipinski definition) is 2. The molecule has 1 aliphatic heterocycles. The number of furan rings is 1. The standard InChI is InChI=1S/C20H21N3O4/c1-2-26-16-6-3-5-13(18(16)24)11-23-9-8-14-15(12-23)21-19(22-20(14)25)17-7-4-10-27-17/h3-7,10,24H,2,8-9,11-12H2,1H3,(H,21,22,25). The predicted molar refractivity (Wildman–Crippen MR) is 99.7 cm³/mol. The van der Waals surface area contributed by atoms with Gasteiger partial charge in [-0.05, 0) is 31.5 Å². The van der Waals surface area contributed by atoms with Crippen molar-refractivity contribution in [3.05, 3.63) is 63.8 Å². The molecule has 0 fully saturated rings. The number of rotatable bonds is 5. The van der Waals surface area contributed by atoms with E-state index in [1.807, 2.05) is 19.1 Å². The number of nitrogens with one attached hydrogen (secondary N) is 1. The molecule has 0 saturated carbocycles. The van der Waals surface area contributed by atoms with Crippen LogP contribution in [0.5, 0.6) is 11.5 Å². The quantitative estimate of drug-likeness (QED) is 0.720. The number of hydrogen-bond acceptors (Lipinski definition) is 6. The second-order valence-electron chi connectivity index (χ2n) is 6.47.